The predicted molar refractivity (Wildman–Crippen MR) is 123 cm³/mol. The number of hydroxylamine groups is 1. The van der Waals surface area contributed by atoms with E-state index < -0.39 is 12.7 Å². The second-order valence-electron chi connectivity index (χ2n) is 8.95. The van der Waals surface area contributed by atoms with Crippen molar-refractivity contribution in [3.8, 4) is 16.9 Å². The van der Waals surface area contributed by atoms with Crippen LogP contribution in [-0.2, 0) is 22.2 Å². The third kappa shape index (κ3) is 5.87. The van der Waals surface area contributed by atoms with E-state index in [1.54, 1.807) is 18.5 Å². The molecule has 0 radical (unpaired) electrons. The SMILES string of the molecule is Fc1ccc(-n2cnc(-c3ccc4c(c3)C[C@H]3CC[C@@H](C4)[C@H]3NOOSNCC(F)(F)F)c2)cc1. The van der Waals surface area contributed by atoms with Crippen LogP contribution in [0.1, 0.15) is 24.0 Å². The number of hydrogen-bond acceptors (Lipinski definition) is 6. The quantitative estimate of drug-likeness (QED) is 0.107. The Kier molecular flexibility index (Phi) is 7.12. The van der Waals surface area contributed by atoms with E-state index in [1.807, 2.05) is 15.5 Å². The largest absolute Gasteiger partial charge is 0.402 e. The molecule has 1 fully saturated rings. The van der Waals surface area contributed by atoms with Crippen LogP contribution < -0.4 is 10.2 Å². The molecule has 2 aliphatic carbocycles. The summed E-state index contributed by atoms with van der Waals surface area (Å²) in [6, 6.07) is 12.7. The van der Waals surface area contributed by atoms with Crippen molar-refractivity contribution in [2.75, 3.05) is 6.54 Å². The maximum absolute atomic E-state index is 13.2. The number of aromatic nitrogens is 2. The highest BCUT2D eigenvalue weighted by molar-refractivity contribution is 7.92. The molecule has 5 rings (SSSR count). The molecule has 186 valence electrons. The number of nitrogens with zero attached hydrogens (tertiary/aromatic N) is 2. The molecule has 0 amide bonds. The fourth-order valence-electron chi connectivity index (χ4n) is 5.02. The fraction of sp³-hybridized carbons (Fsp3) is 0.375. The van der Waals surface area contributed by atoms with Crippen molar-refractivity contribution in [1.29, 1.82) is 0 Å². The zero-order valence-electron chi connectivity index (χ0n) is 18.6. The van der Waals surface area contributed by atoms with E-state index in [-0.39, 0.29) is 11.9 Å². The van der Waals surface area contributed by atoms with E-state index >= 15 is 0 Å². The third-order valence-electron chi connectivity index (χ3n) is 6.68. The maximum atomic E-state index is 13.2. The van der Waals surface area contributed by atoms with Crippen molar-refractivity contribution in [3.05, 3.63) is 71.9 Å². The number of rotatable bonds is 8. The van der Waals surface area contributed by atoms with Gasteiger partial charge in [-0.05, 0) is 79.0 Å². The van der Waals surface area contributed by atoms with Crippen LogP contribution in [-0.4, -0.2) is 28.3 Å². The number of fused-ring (bicyclic) bond motifs is 3. The summed E-state index contributed by atoms with van der Waals surface area (Å²) in [4.78, 5) is 9.56. The molecule has 3 aromatic rings. The van der Waals surface area contributed by atoms with E-state index in [2.05, 4.69) is 28.7 Å². The summed E-state index contributed by atoms with van der Waals surface area (Å²) in [7, 11) is 0. The van der Waals surface area contributed by atoms with Crippen LogP contribution in [0.15, 0.2) is 55.0 Å². The first-order valence-corrected chi connectivity index (χ1v) is 12.1. The second-order valence-corrected chi connectivity index (χ2v) is 9.54. The van der Waals surface area contributed by atoms with Gasteiger partial charge in [0.1, 0.15) is 24.6 Å². The van der Waals surface area contributed by atoms with Crippen LogP contribution in [0.25, 0.3) is 16.9 Å². The average Bonchev–Trinajstić information content (AvgIpc) is 3.40. The first-order valence-electron chi connectivity index (χ1n) is 11.3. The van der Waals surface area contributed by atoms with Crippen LogP contribution in [0.4, 0.5) is 17.6 Å². The lowest BCUT2D eigenvalue weighted by atomic mass is 9.91. The van der Waals surface area contributed by atoms with Gasteiger partial charge in [0.25, 0.3) is 0 Å². The molecule has 2 aromatic carbocycles. The Labute approximate surface area is 204 Å². The topological polar surface area (TPSA) is 60.3 Å². The van der Waals surface area contributed by atoms with E-state index in [0.29, 0.717) is 24.1 Å². The molecule has 2 aliphatic rings. The minimum absolute atomic E-state index is 0.0479. The monoisotopic (exact) mass is 508 g/mol. The van der Waals surface area contributed by atoms with Crippen molar-refractivity contribution in [1.82, 2.24) is 19.8 Å². The van der Waals surface area contributed by atoms with E-state index in [4.69, 9.17) is 9.32 Å². The number of alkyl halides is 3. The van der Waals surface area contributed by atoms with Gasteiger partial charge in [-0.2, -0.15) is 18.7 Å². The summed E-state index contributed by atoms with van der Waals surface area (Å²) in [5, 5.41) is 0. The van der Waals surface area contributed by atoms with Gasteiger partial charge < -0.3 is 4.57 Å². The summed E-state index contributed by atoms with van der Waals surface area (Å²) in [6.07, 6.45) is 3.17. The molecule has 1 saturated carbocycles. The minimum Gasteiger partial charge on any atom is -0.306 e. The van der Waals surface area contributed by atoms with Crippen molar-refractivity contribution in [3.63, 3.8) is 0 Å². The van der Waals surface area contributed by atoms with Crippen molar-refractivity contribution >= 4 is 12.2 Å². The molecule has 0 aliphatic heterocycles. The number of nitrogens with one attached hydrogen (secondary N) is 2. The van der Waals surface area contributed by atoms with Gasteiger partial charge in [-0.25, -0.2) is 14.1 Å². The van der Waals surface area contributed by atoms with Gasteiger partial charge in [-0.1, -0.05) is 12.1 Å². The van der Waals surface area contributed by atoms with Crippen LogP contribution in [0.5, 0.6) is 0 Å². The first kappa shape index (κ1) is 24.3. The van der Waals surface area contributed by atoms with Crippen LogP contribution in [0.2, 0.25) is 0 Å². The fourth-order valence-corrected chi connectivity index (χ4v) is 5.36. The standard InChI is InChI=1S/C24H24F4N4O2S/c25-20-5-7-21(8-6-20)32-12-22(29-14-32)16-2-1-15-9-17-3-4-18(11-19(15)10-16)23(17)31-33-34-35-30-13-24(26,27)28/h1-2,5-8,10,12,14,17-18,23,30-31H,3-4,9,11,13H2/t17-,18+,23+/m0/s1. The van der Waals surface area contributed by atoms with Crippen LogP contribution in [0, 0.1) is 17.7 Å². The molecule has 0 spiro atoms. The van der Waals surface area contributed by atoms with Crippen LogP contribution in [0.3, 0.4) is 0 Å². The summed E-state index contributed by atoms with van der Waals surface area (Å²) >= 11 is 0.402. The molecule has 35 heavy (non-hydrogen) atoms. The van der Waals surface area contributed by atoms with Crippen molar-refractivity contribution < 1.29 is 26.9 Å². The highest BCUT2D eigenvalue weighted by Gasteiger charge is 2.39. The van der Waals surface area contributed by atoms with E-state index in [1.165, 1.54) is 23.3 Å². The van der Waals surface area contributed by atoms with Crippen molar-refractivity contribution in [2.24, 2.45) is 11.8 Å². The van der Waals surface area contributed by atoms with E-state index in [0.717, 1.165) is 42.6 Å². The van der Waals surface area contributed by atoms with Gasteiger partial charge in [0, 0.05) is 23.5 Å². The Balaban J connectivity index is 1.22. The summed E-state index contributed by atoms with van der Waals surface area (Å²) in [6.45, 7) is -1.17. The zero-order chi connectivity index (χ0) is 24.4. The molecule has 2 bridgehead atoms. The molecule has 0 saturated heterocycles. The van der Waals surface area contributed by atoms with Gasteiger partial charge in [-0.15, -0.1) is 9.32 Å². The summed E-state index contributed by atoms with van der Waals surface area (Å²) in [5.41, 5.74) is 8.15. The van der Waals surface area contributed by atoms with E-state index in [9.17, 15) is 17.6 Å². The Morgan fingerprint density at radius 3 is 2.51 bits per heavy atom. The Morgan fingerprint density at radius 1 is 1.03 bits per heavy atom. The maximum Gasteiger partial charge on any atom is 0.402 e. The molecule has 11 heteroatoms. The molecule has 1 heterocycles. The molecule has 3 atom stereocenters. The lowest BCUT2D eigenvalue weighted by Crippen LogP contribution is -2.38. The number of hydrogen-bond donors (Lipinski definition) is 2. The smallest absolute Gasteiger partial charge is 0.306 e. The lowest BCUT2D eigenvalue weighted by Gasteiger charge is -2.21. The molecule has 2 N–H and O–H groups in total. The molecule has 6 nitrogen and oxygen atoms in total. The van der Waals surface area contributed by atoms with Gasteiger partial charge in [0.15, 0.2) is 0 Å². The Bertz CT molecular complexity index is 1160. The predicted octanol–water partition coefficient (Wildman–Crippen LogP) is 5.34. The van der Waals surface area contributed by atoms with Gasteiger partial charge >= 0.3 is 6.18 Å². The normalized spacial score (nSPS) is 21.7. The average molecular weight is 509 g/mol. The lowest BCUT2D eigenvalue weighted by molar-refractivity contribution is -0.259. The first-order chi connectivity index (χ1) is 16.9. The highest BCUT2D eigenvalue weighted by Crippen LogP contribution is 2.41. The number of benzene rings is 2. The Morgan fingerprint density at radius 2 is 1.77 bits per heavy atom. The number of imidazole rings is 1. The second kappa shape index (κ2) is 10.3. The Hall–Kier alpha value is -2.44. The summed E-state index contributed by atoms with van der Waals surface area (Å²) in [5.74, 6) is 0.391. The molecule has 1 aromatic heterocycles. The van der Waals surface area contributed by atoms with Crippen molar-refractivity contribution in [2.45, 2.75) is 37.9 Å². The minimum atomic E-state index is -4.31. The van der Waals surface area contributed by atoms with Crippen LogP contribution >= 0.6 is 12.2 Å². The van der Waals surface area contributed by atoms with Gasteiger partial charge in [0.2, 0.25) is 0 Å². The molecular formula is C24H24F4N4O2S. The highest BCUT2D eigenvalue weighted by atomic mass is 32.2. The van der Waals surface area contributed by atoms with Gasteiger partial charge in [-0.3, -0.25) is 0 Å². The molecule has 0 unspecified atom stereocenters. The third-order valence-corrected chi connectivity index (χ3v) is 7.08. The zero-order valence-corrected chi connectivity index (χ0v) is 19.4. The van der Waals surface area contributed by atoms with Gasteiger partial charge in [0.05, 0.1) is 12.0 Å². The molecular weight excluding hydrogens is 484 g/mol. The summed E-state index contributed by atoms with van der Waals surface area (Å²) < 4.78 is 58.4. The number of halogens is 4.